The number of rotatable bonds is 5. The van der Waals surface area contributed by atoms with Gasteiger partial charge >= 0.3 is 0 Å². The maximum absolute atomic E-state index is 5.69. The van der Waals surface area contributed by atoms with Crippen molar-refractivity contribution in [3.63, 3.8) is 0 Å². The quantitative estimate of drug-likeness (QED) is 0.647. The van der Waals surface area contributed by atoms with Gasteiger partial charge in [-0.05, 0) is 23.6 Å². The number of nitrogens with zero attached hydrogens (tertiary/aromatic N) is 1. The predicted molar refractivity (Wildman–Crippen MR) is 94.7 cm³/mol. The van der Waals surface area contributed by atoms with E-state index in [1.165, 1.54) is 5.56 Å². The van der Waals surface area contributed by atoms with Gasteiger partial charge < -0.3 is 20.1 Å². The SMILES string of the molecule is CN=C(NCC(C)C)NCC(C)(C)c1ccc2c(c1)OCCO2. The third-order valence-corrected chi connectivity index (χ3v) is 3.92. The molecule has 0 fully saturated rings. The molecule has 0 radical (unpaired) electrons. The van der Waals surface area contributed by atoms with E-state index in [4.69, 9.17) is 9.47 Å². The van der Waals surface area contributed by atoms with E-state index in [2.05, 4.69) is 55.5 Å². The van der Waals surface area contributed by atoms with Gasteiger partial charge in [-0.1, -0.05) is 33.8 Å². The number of hydrogen-bond acceptors (Lipinski definition) is 3. The summed E-state index contributed by atoms with van der Waals surface area (Å²) in [6.45, 7) is 11.7. The van der Waals surface area contributed by atoms with E-state index < -0.39 is 0 Å². The summed E-state index contributed by atoms with van der Waals surface area (Å²) >= 11 is 0. The molecule has 1 aromatic rings. The summed E-state index contributed by atoms with van der Waals surface area (Å²) in [6, 6.07) is 6.19. The summed E-state index contributed by atoms with van der Waals surface area (Å²) in [7, 11) is 1.80. The summed E-state index contributed by atoms with van der Waals surface area (Å²) in [5.41, 5.74) is 1.17. The molecule has 1 aliphatic heterocycles. The smallest absolute Gasteiger partial charge is 0.191 e. The first-order chi connectivity index (χ1) is 10.9. The predicted octanol–water partition coefficient (Wildman–Crippen LogP) is 2.56. The van der Waals surface area contributed by atoms with Crippen LogP contribution in [0.4, 0.5) is 0 Å². The highest BCUT2D eigenvalue weighted by molar-refractivity contribution is 5.79. The van der Waals surface area contributed by atoms with Crippen molar-refractivity contribution >= 4 is 5.96 Å². The average molecular weight is 319 g/mol. The van der Waals surface area contributed by atoms with Crippen LogP contribution < -0.4 is 20.1 Å². The van der Waals surface area contributed by atoms with Crippen LogP contribution >= 0.6 is 0 Å². The van der Waals surface area contributed by atoms with Crippen molar-refractivity contribution in [1.82, 2.24) is 10.6 Å². The third-order valence-electron chi connectivity index (χ3n) is 3.92. The number of guanidine groups is 1. The van der Waals surface area contributed by atoms with Gasteiger partial charge in [-0.3, -0.25) is 4.99 Å². The minimum Gasteiger partial charge on any atom is -0.486 e. The van der Waals surface area contributed by atoms with Gasteiger partial charge in [-0.25, -0.2) is 0 Å². The first-order valence-electron chi connectivity index (χ1n) is 8.27. The second-order valence-corrected chi connectivity index (χ2v) is 6.94. The van der Waals surface area contributed by atoms with Crippen LogP contribution in [0, 0.1) is 5.92 Å². The number of benzene rings is 1. The minimum absolute atomic E-state index is 0.0503. The van der Waals surface area contributed by atoms with E-state index in [1.807, 2.05) is 6.07 Å². The molecule has 0 atom stereocenters. The van der Waals surface area contributed by atoms with Gasteiger partial charge in [0.25, 0.3) is 0 Å². The lowest BCUT2D eigenvalue weighted by Crippen LogP contribution is -2.44. The summed E-state index contributed by atoms with van der Waals surface area (Å²) in [5, 5.41) is 6.75. The fourth-order valence-electron chi connectivity index (χ4n) is 2.39. The Morgan fingerprint density at radius 2 is 1.87 bits per heavy atom. The molecule has 2 N–H and O–H groups in total. The van der Waals surface area contributed by atoms with Crippen LogP contribution in [-0.4, -0.2) is 39.3 Å². The molecule has 0 spiro atoms. The Morgan fingerprint density at radius 1 is 1.17 bits per heavy atom. The van der Waals surface area contributed by atoms with E-state index in [1.54, 1.807) is 7.05 Å². The zero-order valence-corrected chi connectivity index (χ0v) is 14.9. The van der Waals surface area contributed by atoms with Crippen molar-refractivity contribution in [3.05, 3.63) is 23.8 Å². The van der Waals surface area contributed by atoms with Crippen LogP contribution in [0.2, 0.25) is 0 Å². The van der Waals surface area contributed by atoms with Gasteiger partial charge in [0.1, 0.15) is 13.2 Å². The topological polar surface area (TPSA) is 54.9 Å². The molecule has 0 aliphatic carbocycles. The van der Waals surface area contributed by atoms with Gasteiger partial charge in [0.2, 0.25) is 0 Å². The standard InChI is InChI=1S/C18H29N3O2/c1-13(2)11-20-17(19-5)21-12-18(3,4)14-6-7-15-16(10-14)23-9-8-22-15/h6-7,10,13H,8-9,11-12H2,1-5H3,(H2,19,20,21). The Balaban J connectivity index is 2.00. The zero-order valence-electron chi connectivity index (χ0n) is 14.9. The van der Waals surface area contributed by atoms with Gasteiger partial charge in [0.15, 0.2) is 17.5 Å². The lowest BCUT2D eigenvalue weighted by atomic mass is 9.84. The maximum atomic E-state index is 5.69. The van der Waals surface area contributed by atoms with Gasteiger partial charge in [0, 0.05) is 25.6 Å². The van der Waals surface area contributed by atoms with Gasteiger partial charge in [-0.2, -0.15) is 0 Å². The fraction of sp³-hybridized carbons (Fsp3) is 0.611. The van der Waals surface area contributed by atoms with E-state index in [-0.39, 0.29) is 5.41 Å². The number of hydrogen-bond donors (Lipinski definition) is 2. The van der Waals surface area contributed by atoms with Crippen molar-refractivity contribution < 1.29 is 9.47 Å². The van der Waals surface area contributed by atoms with Gasteiger partial charge in [-0.15, -0.1) is 0 Å². The lowest BCUT2D eigenvalue weighted by Gasteiger charge is -2.28. The second kappa shape index (κ2) is 7.57. The average Bonchev–Trinajstić information content (AvgIpc) is 2.54. The van der Waals surface area contributed by atoms with Crippen LogP contribution in [0.1, 0.15) is 33.3 Å². The molecular formula is C18H29N3O2. The number of ether oxygens (including phenoxy) is 2. The fourth-order valence-corrected chi connectivity index (χ4v) is 2.39. The molecular weight excluding hydrogens is 290 g/mol. The van der Waals surface area contributed by atoms with Crippen molar-refractivity contribution in [2.75, 3.05) is 33.4 Å². The number of aliphatic imine (C=N–C) groups is 1. The van der Waals surface area contributed by atoms with Crippen molar-refractivity contribution in [3.8, 4) is 11.5 Å². The van der Waals surface area contributed by atoms with E-state index in [9.17, 15) is 0 Å². The highest BCUT2D eigenvalue weighted by Gasteiger charge is 2.23. The first kappa shape index (κ1) is 17.4. The Kier molecular flexibility index (Phi) is 5.74. The molecule has 0 saturated carbocycles. The van der Waals surface area contributed by atoms with Crippen molar-refractivity contribution in [2.45, 2.75) is 33.1 Å². The molecule has 0 aromatic heterocycles. The summed E-state index contributed by atoms with van der Waals surface area (Å²) in [6.07, 6.45) is 0. The zero-order chi connectivity index (χ0) is 16.9. The Morgan fingerprint density at radius 3 is 2.52 bits per heavy atom. The van der Waals surface area contributed by atoms with Crippen LogP contribution in [-0.2, 0) is 5.41 Å². The third kappa shape index (κ3) is 4.78. The van der Waals surface area contributed by atoms with E-state index in [0.29, 0.717) is 19.1 Å². The molecule has 5 nitrogen and oxygen atoms in total. The highest BCUT2D eigenvalue weighted by atomic mass is 16.6. The second-order valence-electron chi connectivity index (χ2n) is 6.94. The summed E-state index contributed by atoms with van der Waals surface area (Å²) in [5.74, 6) is 3.09. The molecule has 1 aliphatic rings. The largest absolute Gasteiger partial charge is 0.486 e. The molecule has 0 bridgehead atoms. The first-order valence-corrected chi connectivity index (χ1v) is 8.27. The Bertz CT molecular complexity index is 553. The van der Waals surface area contributed by atoms with Crippen LogP contribution in [0.3, 0.4) is 0 Å². The van der Waals surface area contributed by atoms with Gasteiger partial charge in [0.05, 0.1) is 0 Å². The van der Waals surface area contributed by atoms with Crippen LogP contribution in [0.5, 0.6) is 11.5 Å². The molecule has 23 heavy (non-hydrogen) atoms. The van der Waals surface area contributed by atoms with Crippen molar-refractivity contribution in [1.29, 1.82) is 0 Å². The molecule has 1 aromatic carbocycles. The maximum Gasteiger partial charge on any atom is 0.191 e. The Hall–Kier alpha value is -1.91. The lowest BCUT2D eigenvalue weighted by molar-refractivity contribution is 0.171. The summed E-state index contributed by atoms with van der Waals surface area (Å²) in [4.78, 5) is 4.28. The van der Waals surface area contributed by atoms with Crippen LogP contribution in [0.15, 0.2) is 23.2 Å². The number of fused-ring (bicyclic) bond motifs is 1. The van der Waals surface area contributed by atoms with E-state index >= 15 is 0 Å². The van der Waals surface area contributed by atoms with Crippen molar-refractivity contribution in [2.24, 2.45) is 10.9 Å². The van der Waals surface area contributed by atoms with Crippen LogP contribution in [0.25, 0.3) is 0 Å². The summed E-state index contributed by atoms with van der Waals surface area (Å²) < 4.78 is 11.3. The molecule has 0 unspecified atom stereocenters. The highest BCUT2D eigenvalue weighted by Crippen LogP contribution is 2.34. The monoisotopic (exact) mass is 319 g/mol. The Labute approximate surface area is 139 Å². The molecule has 1 heterocycles. The number of nitrogens with one attached hydrogen (secondary N) is 2. The molecule has 0 saturated heterocycles. The van der Waals surface area contributed by atoms with E-state index in [0.717, 1.165) is 30.5 Å². The molecule has 0 amide bonds. The molecule has 2 rings (SSSR count). The molecule has 5 heteroatoms. The normalized spacial score (nSPS) is 14.8. The molecule has 128 valence electrons. The minimum atomic E-state index is -0.0503.